The van der Waals surface area contributed by atoms with Gasteiger partial charge < -0.3 is 9.47 Å². The number of alkyl halides is 1. The molecular weight excluding hydrogens is 293 g/mol. The van der Waals surface area contributed by atoms with Crippen LogP contribution in [0.1, 0.15) is 24.7 Å². The number of hydrogen-bond acceptors (Lipinski definition) is 2. The molecule has 1 aromatic heterocycles. The number of piperidine rings is 1. The van der Waals surface area contributed by atoms with Gasteiger partial charge in [-0.3, -0.25) is 0 Å². The number of likely N-dealkylation sites (tertiary alicyclic amines) is 1. The molecule has 1 fully saturated rings. The van der Waals surface area contributed by atoms with E-state index in [2.05, 4.69) is 22.6 Å². The largest absolute Gasteiger partial charge is 0.323 e. The Morgan fingerprint density at radius 2 is 2.25 bits per heavy atom. The van der Waals surface area contributed by atoms with Crippen LogP contribution in [0.3, 0.4) is 0 Å². The third-order valence-corrected chi connectivity index (χ3v) is 4.52. The van der Waals surface area contributed by atoms with Crippen molar-refractivity contribution in [2.75, 3.05) is 26.0 Å². The Labute approximate surface area is 129 Å². The van der Waals surface area contributed by atoms with Crippen LogP contribution in [0.15, 0.2) is 18.2 Å². The molecule has 1 saturated heterocycles. The second-order valence-electron chi connectivity index (χ2n) is 5.50. The van der Waals surface area contributed by atoms with Gasteiger partial charge in [0.15, 0.2) is 0 Å². The van der Waals surface area contributed by atoms with Crippen LogP contribution in [0.2, 0.25) is 5.02 Å². The average molecular weight is 312 g/mol. The van der Waals surface area contributed by atoms with E-state index in [0.717, 1.165) is 34.8 Å². The van der Waals surface area contributed by atoms with Crippen LogP contribution < -0.4 is 0 Å². The third kappa shape index (κ3) is 2.54. The zero-order valence-electron chi connectivity index (χ0n) is 11.6. The zero-order chi connectivity index (χ0) is 14.1. The average Bonchev–Trinajstić information content (AvgIpc) is 2.79. The first-order chi connectivity index (χ1) is 9.70. The van der Waals surface area contributed by atoms with Crippen LogP contribution in [-0.4, -0.2) is 40.5 Å². The predicted molar refractivity (Wildman–Crippen MR) is 84.9 cm³/mol. The highest BCUT2D eigenvalue weighted by atomic mass is 35.5. The van der Waals surface area contributed by atoms with E-state index in [1.807, 2.05) is 12.1 Å². The summed E-state index contributed by atoms with van der Waals surface area (Å²) < 4.78 is 2.36. The van der Waals surface area contributed by atoms with E-state index in [9.17, 15) is 0 Å². The molecule has 0 spiro atoms. The summed E-state index contributed by atoms with van der Waals surface area (Å²) in [6.45, 7) is 2.24. The van der Waals surface area contributed by atoms with Crippen LogP contribution in [0.25, 0.3) is 11.0 Å². The summed E-state index contributed by atoms with van der Waals surface area (Å²) >= 11 is 12.2. The minimum absolute atomic E-state index is 0.468. The first-order valence-electron chi connectivity index (χ1n) is 7.10. The lowest BCUT2D eigenvalue weighted by Gasteiger charge is -2.32. The number of halogens is 2. The third-order valence-electron chi connectivity index (χ3n) is 4.03. The maximum absolute atomic E-state index is 6.29. The minimum atomic E-state index is 0.468. The molecule has 1 aliphatic rings. The van der Waals surface area contributed by atoms with Crippen molar-refractivity contribution in [1.82, 2.24) is 14.5 Å². The number of nitrogens with zero attached hydrogens (tertiary/aromatic N) is 3. The fraction of sp³-hybridized carbons (Fsp3) is 0.533. The van der Waals surface area contributed by atoms with Crippen LogP contribution >= 0.6 is 23.2 Å². The van der Waals surface area contributed by atoms with E-state index in [1.165, 1.54) is 19.4 Å². The normalized spacial score (nSPS) is 20.6. The zero-order valence-corrected chi connectivity index (χ0v) is 13.2. The van der Waals surface area contributed by atoms with Crippen molar-refractivity contribution in [3.05, 3.63) is 29.0 Å². The van der Waals surface area contributed by atoms with Crippen molar-refractivity contribution in [3.63, 3.8) is 0 Å². The summed E-state index contributed by atoms with van der Waals surface area (Å²) in [6.07, 6.45) is 3.20. The van der Waals surface area contributed by atoms with Crippen LogP contribution in [0, 0.1) is 0 Å². The number of aryl methyl sites for hydroxylation is 1. The lowest BCUT2D eigenvalue weighted by atomic mass is 10.1. The smallest absolute Gasteiger partial charge is 0.111 e. The summed E-state index contributed by atoms with van der Waals surface area (Å²) in [4.78, 5) is 7.11. The summed E-state index contributed by atoms with van der Waals surface area (Å²) in [7, 11) is 2.18. The molecule has 2 heterocycles. The first kappa shape index (κ1) is 14.2. The predicted octanol–water partition coefficient (Wildman–Crippen LogP) is 3.74. The van der Waals surface area contributed by atoms with Crippen LogP contribution in [0.5, 0.6) is 0 Å². The number of likely N-dealkylation sites (N-methyl/N-ethyl adjacent to an activating group) is 1. The van der Waals surface area contributed by atoms with Crippen molar-refractivity contribution in [3.8, 4) is 0 Å². The molecule has 1 unspecified atom stereocenters. The van der Waals surface area contributed by atoms with Gasteiger partial charge in [-0.2, -0.15) is 0 Å². The number of para-hydroxylation sites is 1. The maximum atomic E-state index is 6.29. The Kier molecular flexibility index (Phi) is 4.20. The highest BCUT2D eigenvalue weighted by molar-refractivity contribution is 6.34. The first-order valence-corrected chi connectivity index (χ1v) is 8.02. The maximum Gasteiger partial charge on any atom is 0.111 e. The van der Waals surface area contributed by atoms with Crippen molar-refractivity contribution >= 4 is 34.2 Å². The molecule has 108 valence electrons. The summed E-state index contributed by atoms with van der Waals surface area (Å²) in [5, 5.41) is 0.723. The van der Waals surface area contributed by atoms with Crippen molar-refractivity contribution in [2.24, 2.45) is 0 Å². The molecular formula is C15H19Cl2N3. The molecule has 0 N–H and O–H groups in total. The number of rotatable bonds is 3. The molecule has 1 aliphatic heterocycles. The van der Waals surface area contributed by atoms with E-state index < -0.39 is 0 Å². The molecule has 2 aromatic rings. The van der Waals surface area contributed by atoms with Gasteiger partial charge in [0.05, 0.1) is 10.5 Å². The molecule has 3 rings (SSSR count). The summed E-state index contributed by atoms with van der Waals surface area (Å²) in [5.41, 5.74) is 2.04. The van der Waals surface area contributed by atoms with E-state index in [1.54, 1.807) is 0 Å². The molecule has 5 heteroatoms. The fourth-order valence-corrected chi connectivity index (χ4v) is 3.53. The topological polar surface area (TPSA) is 21.1 Å². The number of fused-ring (bicyclic) bond motifs is 1. The lowest BCUT2D eigenvalue weighted by Crippen LogP contribution is -2.34. The van der Waals surface area contributed by atoms with Crippen LogP contribution in [-0.2, 0) is 6.42 Å². The quantitative estimate of drug-likeness (QED) is 0.805. The molecule has 0 amide bonds. The van der Waals surface area contributed by atoms with Gasteiger partial charge in [0.1, 0.15) is 11.3 Å². The van der Waals surface area contributed by atoms with Crippen LogP contribution in [0.4, 0.5) is 0 Å². The van der Waals surface area contributed by atoms with Gasteiger partial charge in [0, 0.05) is 24.9 Å². The van der Waals surface area contributed by atoms with E-state index in [4.69, 9.17) is 28.2 Å². The second-order valence-corrected chi connectivity index (χ2v) is 6.29. The van der Waals surface area contributed by atoms with E-state index in [0.29, 0.717) is 11.9 Å². The Morgan fingerprint density at radius 3 is 3.00 bits per heavy atom. The summed E-state index contributed by atoms with van der Waals surface area (Å²) in [6, 6.07) is 6.48. The van der Waals surface area contributed by atoms with Gasteiger partial charge in [0.2, 0.25) is 0 Å². The van der Waals surface area contributed by atoms with Gasteiger partial charge in [-0.05, 0) is 38.6 Å². The van der Waals surface area contributed by atoms with Gasteiger partial charge in [0.25, 0.3) is 0 Å². The van der Waals surface area contributed by atoms with Crippen molar-refractivity contribution in [1.29, 1.82) is 0 Å². The molecule has 1 atom stereocenters. The Morgan fingerprint density at radius 1 is 1.40 bits per heavy atom. The molecule has 0 saturated carbocycles. The fourth-order valence-electron chi connectivity index (χ4n) is 3.15. The SMILES string of the molecule is CN1CCCC(n2c(CCCl)nc3c(Cl)cccc32)C1. The number of aromatic nitrogens is 2. The van der Waals surface area contributed by atoms with E-state index >= 15 is 0 Å². The molecule has 3 nitrogen and oxygen atoms in total. The minimum Gasteiger partial charge on any atom is -0.323 e. The van der Waals surface area contributed by atoms with Crippen molar-refractivity contribution in [2.45, 2.75) is 25.3 Å². The Balaban J connectivity index is 2.11. The van der Waals surface area contributed by atoms with Crippen molar-refractivity contribution < 1.29 is 0 Å². The standard InChI is InChI=1S/C15H19Cl2N3/c1-19-9-3-4-11(10-19)20-13-6-2-5-12(17)15(13)18-14(20)7-8-16/h2,5-6,11H,3-4,7-10H2,1H3. The van der Waals surface area contributed by atoms with Gasteiger partial charge in [-0.25, -0.2) is 4.98 Å². The highest BCUT2D eigenvalue weighted by Crippen LogP contribution is 2.30. The molecule has 0 aliphatic carbocycles. The number of hydrogen-bond donors (Lipinski definition) is 0. The highest BCUT2D eigenvalue weighted by Gasteiger charge is 2.23. The Hall–Kier alpha value is -0.770. The van der Waals surface area contributed by atoms with Gasteiger partial charge >= 0.3 is 0 Å². The Bertz CT molecular complexity index is 608. The molecule has 1 aromatic carbocycles. The second kappa shape index (κ2) is 5.92. The molecule has 0 radical (unpaired) electrons. The molecule has 20 heavy (non-hydrogen) atoms. The monoisotopic (exact) mass is 311 g/mol. The van der Waals surface area contributed by atoms with E-state index in [-0.39, 0.29) is 0 Å². The number of benzene rings is 1. The molecule has 0 bridgehead atoms. The lowest BCUT2D eigenvalue weighted by molar-refractivity contribution is 0.212. The van der Waals surface area contributed by atoms with Gasteiger partial charge in [-0.15, -0.1) is 11.6 Å². The van der Waals surface area contributed by atoms with Gasteiger partial charge in [-0.1, -0.05) is 17.7 Å². The summed E-state index contributed by atoms with van der Waals surface area (Å²) in [5.74, 6) is 1.65. The number of imidazole rings is 1.